The molecular formula is C20H25N3O4. The number of rotatable bonds is 4. The standard InChI is InChI=1S/C20H25N3O4/c1-15-4-3-5-16(12-15)13-23-7-6-17(18(24)19(23)25)14-21-8-10-22(11-9-21)20(26)27-2/h3-7,12,24H,8-11,13-14H2,1-2H3. The van der Waals surface area contributed by atoms with Crippen LogP contribution in [-0.4, -0.2) is 58.9 Å². The summed E-state index contributed by atoms with van der Waals surface area (Å²) in [6.45, 7) is 5.37. The summed E-state index contributed by atoms with van der Waals surface area (Å²) in [5, 5.41) is 10.4. The summed E-state index contributed by atoms with van der Waals surface area (Å²) in [5.74, 6) is -0.208. The van der Waals surface area contributed by atoms with Crippen LogP contribution in [0.4, 0.5) is 4.79 Å². The third-order valence-corrected chi connectivity index (χ3v) is 4.86. The highest BCUT2D eigenvalue weighted by Crippen LogP contribution is 2.16. The Hall–Kier alpha value is -2.80. The number of hydrogen-bond donors (Lipinski definition) is 1. The van der Waals surface area contributed by atoms with Gasteiger partial charge in [0.05, 0.1) is 13.7 Å². The summed E-state index contributed by atoms with van der Waals surface area (Å²) in [6.07, 6.45) is 1.40. The van der Waals surface area contributed by atoms with Crippen LogP contribution in [0.2, 0.25) is 0 Å². The third-order valence-electron chi connectivity index (χ3n) is 4.86. The number of nitrogens with zero attached hydrogens (tertiary/aromatic N) is 3. The summed E-state index contributed by atoms with van der Waals surface area (Å²) in [4.78, 5) is 27.8. The zero-order valence-electron chi connectivity index (χ0n) is 15.7. The zero-order valence-corrected chi connectivity index (χ0v) is 15.7. The highest BCUT2D eigenvalue weighted by atomic mass is 16.5. The average Bonchev–Trinajstić information content (AvgIpc) is 2.68. The number of piperazine rings is 1. The number of methoxy groups -OCH3 is 1. The van der Waals surface area contributed by atoms with Gasteiger partial charge in [-0.05, 0) is 18.6 Å². The number of carbonyl (C=O) groups is 1. The van der Waals surface area contributed by atoms with E-state index in [0.29, 0.717) is 44.8 Å². The Balaban J connectivity index is 1.67. The lowest BCUT2D eigenvalue weighted by atomic mass is 10.1. The fourth-order valence-corrected chi connectivity index (χ4v) is 3.32. The van der Waals surface area contributed by atoms with Crippen LogP contribution in [0.3, 0.4) is 0 Å². The second kappa shape index (κ2) is 8.26. The minimum atomic E-state index is -0.387. The molecule has 144 valence electrons. The molecule has 1 aromatic carbocycles. The quantitative estimate of drug-likeness (QED) is 0.887. The van der Waals surface area contributed by atoms with Crippen LogP contribution >= 0.6 is 0 Å². The number of pyridine rings is 1. The minimum Gasteiger partial charge on any atom is -0.503 e. The lowest BCUT2D eigenvalue weighted by Crippen LogP contribution is -2.48. The topological polar surface area (TPSA) is 75.0 Å². The van der Waals surface area contributed by atoms with Crippen LogP contribution in [0.25, 0.3) is 0 Å². The van der Waals surface area contributed by atoms with Crippen molar-refractivity contribution in [1.29, 1.82) is 0 Å². The molecular weight excluding hydrogens is 346 g/mol. The predicted molar refractivity (Wildman–Crippen MR) is 102 cm³/mol. The Kier molecular flexibility index (Phi) is 5.81. The molecule has 0 spiro atoms. The third kappa shape index (κ3) is 4.49. The Morgan fingerprint density at radius 1 is 1.15 bits per heavy atom. The molecule has 2 heterocycles. The van der Waals surface area contributed by atoms with Crippen molar-refractivity contribution in [2.75, 3.05) is 33.3 Å². The van der Waals surface area contributed by atoms with Crippen LogP contribution in [0.5, 0.6) is 5.75 Å². The predicted octanol–water partition coefficient (Wildman–Crippen LogP) is 1.79. The van der Waals surface area contributed by atoms with Crippen molar-refractivity contribution in [3.8, 4) is 5.75 Å². The monoisotopic (exact) mass is 371 g/mol. The first-order valence-corrected chi connectivity index (χ1v) is 9.00. The maximum absolute atomic E-state index is 12.5. The molecule has 0 aliphatic carbocycles. The molecule has 7 nitrogen and oxygen atoms in total. The molecule has 1 aliphatic heterocycles. The van der Waals surface area contributed by atoms with Gasteiger partial charge in [-0.15, -0.1) is 0 Å². The number of aryl methyl sites for hydroxylation is 1. The average molecular weight is 371 g/mol. The van der Waals surface area contributed by atoms with E-state index in [2.05, 4.69) is 4.90 Å². The number of benzene rings is 1. The van der Waals surface area contributed by atoms with Gasteiger partial charge in [-0.1, -0.05) is 29.8 Å². The number of carbonyl (C=O) groups excluding carboxylic acids is 1. The number of ether oxygens (including phenoxy) is 1. The first-order valence-electron chi connectivity index (χ1n) is 9.00. The van der Waals surface area contributed by atoms with E-state index in [1.807, 2.05) is 31.2 Å². The number of aromatic hydroxyl groups is 1. The Labute approximate surface area is 158 Å². The summed E-state index contributed by atoms with van der Waals surface area (Å²) in [5.41, 5.74) is 2.37. The Morgan fingerprint density at radius 2 is 1.89 bits per heavy atom. The SMILES string of the molecule is COC(=O)N1CCN(Cc2ccn(Cc3cccc(C)c3)c(=O)c2O)CC1. The molecule has 1 aliphatic rings. The minimum absolute atomic E-state index is 0.208. The van der Waals surface area contributed by atoms with Crippen molar-refractivity contribution in [2.45, 2.75) is 20.0 Å². The van der Waals surface area contributed by atoms with Gasteiger partial charge < -0.3 is 19.3 Å². The molecule has 27 heavy (non-hydrogen) atoms. The van der Waals surface area contributed by atoms with Crippen LogP contribution in [-0.2, 0) is 17.8 Å². The van der Waals surface area contributed by atoms with Crippen molar-refractivity contribution in [1.82, 2.24) is 14.4 Å². The van der Waals surface area contributed by atoms with E-state index in [9.17, 15) is 14.7 Å². The van der Waals surface area contributed by atoms with E-state index in [-0.39, 0.29) is 17.4 Å². The second-order valence-electron chi connectivity index (χ2n) is 6.84. The number of amides is 1. The lowest BCUT2D eigenvalue weighted by Gasteiger charge is -2.33. The smallest absolute Gasteiger partial charge is 0.409 e. The first-order chi connectivity index (χ1) is 13.0. The normalized spacial score (nSPS) is 15.0. The molecule has 1 N–H and O–H groups in total. The summed E-state index contributed by atoms with van der Waals surface area (Å²) in [7, 11) is 1.37. The maximum atomic E-state index is 12.5. The summed E-state index contributed by atoms with van der Waals surface area (Å²) >= 11 is 0. The fourth-order valence-electron chi connectivity index (χ4n) is 3.32. The molecule has 0 bridgehead atoms. The van der Waals surface area contributed by atoms with E-state index >= 15 is 0 Å². The molecule has 0 radical (unpaired) electrons. The van der Waals surface area contributed by atoms with E-state index in [1.165, 1.54) is 11.7 Å². The Bertz CT molecular complexity index is 870. The van der Waals surface area contributed by atoms with Gasteiger partial charge in [-0.2, -0.15) is 0 Å². The Morgan fingerprint density at radius 3 is 2.56 bits per heavy atom. The molecule has 0 unspecified atom stereocenters. The van der Waals surface area contributed by atoms with Gasteiger partial charge in [0.1, 0.15) is 0 Å². The number of aromatic nitrogens is 1. The molecule has 0 atom stereocenters. The molecule has 3 rings (SSSR count). The number of hydrogen-bond acceptors (Lipinski definition) is 5. The molecule has 1 fully saturated rings. The van der Waals surface area contributed by atoms with Gasteiger partial charge in [0.2, 0.25) is 0 Å². The van der Waals surface area contributed by atoms with Gasteiger partial charge in [0.25, 0.3) is 5.56 Å². The van der Waals surface area contributed by atoms with E-state index in [4.69, 9.17) is 4.74 Å². The van der Waals surface area contributed by atoms with Crippen LogP contribution in [0.1, 0.15) is 16.7 Å². The molecule has 1 saturated heterocycles. The molecule has 7 heteroatoms. The first kappa shape index (κ1) is 19.0. The molecule has 1 amide bonds. The van der Waals surface area contributed by atoms with Crippen LogP contribution in [0.15, 0.2) is 41.3 Å². The van der Waals surface area contributed by atoms with Gasteiger partial charge in [-0.3, -0.25) is 9.69 Å². The van der Waals surface area contributed by atoms with Gasteiger partial charge in [0.15, 0.2) is 5.75 Å². The van der Waals surface area contributed by atoms with E-state index in [0.717, 1.165) is 11.1 Å². The van der Waals surface area contributed by atoms with Crippen LogP contribution < -0.4 is 5.56 Å². The highest BCUT2D eigenvalue weighted by molar-refractivity contribution is 5.67. The fraction of sp³-hybridized carbons (Fsp3) is 0.400. The van der Waals surface area contributed by atoms with Crippen molar-refractivity contribution < 1.29 is 14.6 Å². The summed E-state index contributed by atoms with van der Waals surface area (Å²) in [6, 6.07) is 9.74. The largest absolute Gasteiger partial charge is 0.503 e. The van der Waals surface area contributed by atoms with Crippen LogP contribution in [0, 0.1) is 6.92 Å². The van der Waals surface area contributed by atoms with Crippen molar-refractivity contribution in [2.24, 2.45) is 0 Å². The molecule has 0 saturated carbocycles. The van der Waals surface area contributed by atoms with Crippen molar-refractivity contribution in [3.05, 3.63) is 63.6 Å². The van der Waals surface area contributed by atoms with Gasteiger partial charge in [-0.25, -0.2) is 4.79 Å². The van der Waals surface area contributed by atoms with Gasteiger partial charge in [0, 0.05) is 44.5 Å². The second-order valence-corrected chi connectivity index (χ2v) is 6.84. The zero-order chi connectivity index (χ0) is 19.4. The van der Waals surface area contributed by atoms with E-state index in [1.54, 1.807) is 17.2 Å². The van der Waals surface area contributed by atoms with E-state index < -0.39 is 0 Å². The van der Waals surface area contributed by atoms with Crippen molar-refractivity contribution >= 4 is 6.09 Å². The summed E-state index contributed by atoms with van der Waals surface area (Å²) < 4.78 is 6.25. The lowest BCUT2D eigenvalue weighted by molar-refractivity contribution is 0.0885. The molecule has 1 aromatic heterocycles. The molecule has 2 aromatic rings. The van der Waals surface area contributed by atoms with Gasteiger partial charge >= 0.3 is 6.09 Å². The van der Waals surface area contributed by atoms with Crippen molar-refractivity contribution in [3.63, 3.8) is 0 Å². The highest BCUT2D eigenvalue weighted by Gasteiger charge is 2.22. The maximum Gasteiger partial charge on any atom is 0.409 e.